The molecule has 0 aliphatic heterocycles. The first-order valence-electron chi connectivity index (χ1n) is 4.01. The van der Waals surface area contributed by atoms with Crippen molar-refractivity contribution < 1.29 is 4.52 Å². The number of rotatable bonds is 0. The zero-order valence-electron chi connectivity index (χ0n) is 7.76. The third kappa shape index (κ3) is 7.53. The fourth-order valence-electron chi connectivity index (χ4n) is 0.527. The molecule has 3 heterocycles. The van der Waals surface area contributed by atoms with Gasteiger partial charge in [-0.2, -0.15) is 0 Å². The molecule has 0 spiro atoms. The van der Waals surface area contributed by atoms with Gasteiger partial charge >= 0.3 is 0 Å². The summed E-state index contributed by atoms with van der Waals surface area (Å²) in [5, 5.41) is 7.21. The van der Waals surface area contributed by atoms with Gasteiger partial charge in [-0.25, -0.2) is 4.37 Å². The summed E-state index contributed by atoms with van der Waals surface area (Å²) in [6.45, 7) is 0. The van der Waals surface area contributed by atoms with E-state index in [0.717, 1.165) is 0 Å². The van der Waals surface area contributed by atoms with Crippen LogP contribution in [0.2, 0.25) is 0 Å². The van der Waals surface area contributed by atoms with Crippen molar-refractivity contribution in [2.75, 3.05) is 0 Å². The average molecular weight is 239 g/mol. The zero-order valence-corrected chi connectivity index (χ0v) is 9.40. The molecule has 0 radical (unpaired) electrons. The highest BCUT2D eigenvalue weighted by molar-refractivity contribution is 7.07. The van der Waals surface area contributed by atoms with Crippen LogP contribution in [0.3, 0.4) is 0 Å². The lowest BCUT2D eigenvalue weighted by Crippen LogP contribution is -1.38. The molecule has 3 aromatic heterocycles. The van der Waals surface area contributed by atoms with Gasteiger partial charge in [0, 0.05) is 23.2 Å². The number of thiazole rings is 1. The fourth-order valence-corrected chi connectivity index (χ4v) is 1.23. The van der Waals surface area contributed by atoms with E-state index in [1.807, 2.05) is 16.8 Å². The molecular weight excluding hydrogens is 230 g/mol. The third-order valence-corrected chi connectivity index (χ3v) is 2.09. The Balaban J connectivity index is 0.000000112. The van der Waals surface area contributed by atoms with Crippen LogP contribution in [0, 0.1) is 0 Å². The minimum Gasteiger partial charge on any atom is -0.365 e. The van der Waals surface area contributed by atoms with Gasteiger partial charge in [-0.1, -0.05) is 5.16 Å². The number of hydrogen-bond acceptors (Lipinski definition) is 6. The number of hydrogen-bond donors (Lipinski definition) is 0. The molecular formula is C9H9N3OS2. The first-order valence-corrected chi connectivity index (χ1v) is 5.79. The third-order valence-electron chi connectivity index (χ3n) is 1.04. The van der Waals surface area contributed by atoms with Gasteiger partial charge in [0.1, 0.15) is 6.26 Å². The van der Waals surface area contributed by atoms with Crippen LogP contribution in [0.25, 0.3) is 0 Å². The highest BCUT2D eigenvalue weighted by Crippen LogP contribution is 1.86. The van der Waals surface area contributed by atoms with E-state index in [4.69, 9.17) is 0 Å². The molecule has 3 rings (SSSR count). The zero-order chi connectivity index (χ0) is 10.6. The maximum atomic E-state index is 4.33. The number of aromatic nitrogens is 3. The Morgan fingerprint density at radius 3 is 2.20 bits per heavy atom. The van der Waals surface area contributed by atoms with Crippen molar-refractivity contribution in [2.24, 2.45) is 0 Å². The molecule has 78 valence electrons. The second-order valence-electron chi connectivity index (χ2n) is 2.05. The highest BCUT2D eigenvalue weighted by Gasteiger charge is 1.60. The highest BCUT2D eigenvalue weighted by atomic mass is 32.1. The van der Waals surface area contributed by atoms with Gasteiger partial charge in [0.05, 0.1) is 11.7 Å². The van der Waals surface area contributed by atoms with Crippen LogP contribution in [0.4, 0.5) is 0 Å². The summed E-state index contributed by atoms with van der Waals surface area (Å²) in [6.07, 6.45) is 6.63. The van der Waals surface area contributed by atoms with Gasteiger partial charge < -0.3 is 4.52 Å². The number of nitrogens with zero attached hydrogens (tertiary/aromatic N) is 3. The summed E-state index contributed by atoms with van der Waals surface area (Å²) in [7, 11) is 0. The summed E-state index contributed by atoms with van der Waals surface area (Å²) in [5.41, 5.74) is 1.79. The molecule has 0 unspecified atom stereocenters. The van der Waals surface area contributed by atoms with Crippen LogP contribution in [-0.2, 0) is 0 Å². The van der Waals surface area contributed by atoms with Gasteiger partial charge in [-0.15, -0.1) is 11.3 Å². The second-order valence-corrected chi connectivity index (χ2v) is 3.50. The first kappa shape index (κ1) is 11.5. The lowest BCUT2D eigenvalue weighted by atomic mass is 10.8. The van der Waals surface area contributed by atoms with Crippen LogP contribution in [-0.4, -0.2) is 14.5 Å². The van der Waals surface area contributed by atoms with E-state index in [1.54, 1.807) is 41.5 Å². The Kier molecular flexibility index (Phi) is 6.96. The molecule has 15 heavy (non-hydrogen) atoms. The molecule has 0 atom stereocenters. The molecule has 0 saturated heterocycles. The van der Waals surface area contributed by atoms with Crippen LogP contribution >= 0.6 is 22.9 Å². The summed E-state index contributed by atoms with van der Waals surface area (Å²) in [4.78, 5) is 3.74. The molecule has 0 aromatic carbocycles. The van der Waals surface area contributed by atoms with E-state index in [9.17, 15) is 0 Å². The molecule has 0 aliphatic carbocycles. The van der Waals surface area contributed by atoms with Crippen LogP contribution in [0.5, 0.6) is 0 Å². The molecule has 0 aliphatic rings. The molecule has 0 bridgehead atoms. The molecule has 4 nitrogen and oxygen atoms in total. The second kappa shape index (κ2) is 9.04. The average Bonchev–Trinajstić information content (AvgIpc) is 3.09. The summed E-state index contributed by atoms with van der Waals surface area (Å²) in [5.74, 6) is 0. The Morgan fingerprint density at radius 1 is 1.00 bits per heavy atom. The van der Waals surface area contributed by atoms with Crippen molar-refractivity contribution in [3.8, 4) is 0 Å². The van der Waals surface area contributed by atoms with Crippen molar-refractivity contribution in [1.29, 1.82) is 0 Å². The minimum atomic E-state index is 1.46. The van der Waals surface area contributed by atoms with Crippen molar-refractivity contribution >= 4 is 22.9 Å². The van der Waals surface area contributed by atoms with Crippen molar-refractivity contribution in [2.45, 2.75) is 0 Å². The van der Waals surface area contributed by atoms with E-state index < -0.39 is 0 Å². The predicted molar refractivity (Wildman–Crippen MR) is 60.7 cm³/mol. The summed E-state index contributed by atoms with van der Waals surface area (Å²) >= 11 is 3.06. The largest absolute Gasteiger partial charge is 0.365 e. The minimum absolute atomic E-state index is 1.46. The van der Waals surface area contributed by atoms with Crippen LogP contribution in [0.1, 0.15) is 0 Å². The maximum absolute atomic E-state index is 4.33. The van der Waals surface area contributed by atoms with Gasteiger partial charge in [0.15, 0.2) is 0 Å². The van der Waals surface area contributed by atoms with Gasteiger partial charge in [-0.05, 0) is 23.7 Å². The van der Waals surface area contributed by atoms with E-state index >= 15 is 0 Å². The Morgan fingerprint density at radius 2 is 2.00 bits per heavy atom. The standard InChI is InChI=1S/C3H3NO.2C3H3NS/c1-2-4-5-3-1;1-2-5-3-4-1;1-2-4-5-3-1/h3*1-3H. The lowest BCUT2D eigenvalue weighted by molar-refractivity contribution is 0.420. The van der Waals surface area contributed by atoms with E-state index in [2.05, 4.69) is 19.0 Å². The molecule has 0 N–H and O–H groups in total. The van der Waals surface area contributed by atoms with E-state index in [1.165, 1.54) is 17.8 Å². The summed E-state index contributed by atoms with van der Waals surface area (Å²) in [6, 6.07) is 3.63. The lowest BCUT2D eigenvalue weighted by Gasteiger charge is -1.48. The van der Waals surface area contributed by atoms with Gasteiger partial charge in [0.25, 0.3) is 0 Å². The SMILES string of the molecule is c1cnoc1.c1cnsc1.c1cscn1. The molecule has 0 saturated carbocycles. The Labute approximate surface area is 95.4 Å². The normalized spacial score (nSPS) is 8.00. The molecule has 0 amide bonds. The maximum Gasteiger partial charge on any atom is 0.123 e. The monoisotopic (exact) mass is 239 g/mol. The molecule has 0 fully saturated rings. The first-order chi connectivity index (χ1) is 7.50. The van der Waals surface area contributed by atoms with Crippen molar-refractivity contribution in [1.82, 2.24) is 14.5 Å². The quantitative estimate of drug-likeness (QED) is 0.605. The Bertz CT molecular complexity index is 255. The van der Waals surface area contributed by atoms with E-state index in [0.29, 0.717) is 0 Å². The predicted octanol–water partition coefficient (Wildman–Crippen LogP) is 2.96. The van der Waals surface area contributed by atoms with Crippen LogP contribution < -0.4 is 0 Å². The Hall–Kier alpha value is -1.53. The van der Waals surface area contributed by atoms with Crippen molar-refractivity contribution in [3.05, 3.63) is 53.3 Å². The fraction of sp³-hybridized carbons (Fsp3) is 0. The topological polar surface area (TPSA) is 51.8 Å². The van der Waals surface area contributed by atoms with Crippen LogP contribution in [0.15, 0.2) is 57.8 Å². The van der Waals surface area contributed by atoms with Crippen molar-refractivity contribution in [3.63, 3.8) is 0 Å². The molecule has 3 aromatic rings. The molecule has 6 heteroatoms. The van der Waals surface area contributed by atoms with E-state index in [-0.39, 0.29) is 0 Å². The summed E-state index contributed by atoms with van der Waals surface area (Å²) < 4.78 is 8.10. The van der Waals surface area contributed by atoms with Gasteiger partial charge in [0.2, 0.25) is 0 Å². The van der Waals surface area contributed by atoms with Gasteiger partial charge in [-0.3, -0.25) is 4.98 Å². The smallest absolute Gasteiger partial charge is 0.123 e.